The number of ketones is 2. The third-order valence-electron chi connectivity index (χ3n) is 8.90. The normalized spacial score (nSPS) is 50.7. The van der Waals surface area contributed by atoms with E-state index in [1.54, 1.807) is 0 Å². The van der Waals surface area contributed by atoms with E-state index in [1.807, 2.05) is 20.8 Å². The predicted octanol–water partition coefficient (Wildman–Crippen LogP) is 0.787. The molecule has 0 aromatic rings. The molecule has 0 aromatic carbocycles. The first-order valence-corrected chi connectivity index (χ1v) is 10.3. The Bertz CT molecular complexity index is 816. The summed E-state index contributed by atoms with van der Waals surface area (Å²) >= 11 is 0. The van der Waals surface area contributed by atoms with Crippen LogP contribution in [0.2, 0.25) is 0 Å². The molecule has 1 spiro atoms. The molecule has 7 nitrogen and oxygen atoms in total. The van der Waals surface area contributed by atoms with E-state index < -0.39 is 64.2 Å². The molecule has 0 aromatic heterocycles. The number of hydrogen-bond donors (Lipinski definition) is 3. The maximum absolute atomic E-state index is 13.3. The average Bonchev–Trinajstić information content (AvgIpc) is 2.74. The summed E-state index contributed by atoms with van der Waals surface area (Å²) in [6, 6.07) is 0. The number of aliphatic hydroxyl groups excluding tert-OH is 3. The van der Waals surface area contributed by atoms with E-state index in [-0.39, 0.29) is 36.5 Å². The third kappa shape index (κ3) is 2.21. The van der Waals surface area contributed by atoms with Crippen LogP contribution in [0.25, 0.3) is 0 Å². The molecule has 4 saturated carbocycles. The highest BCUT2D eigenvalue weighted by Gasteiger charge is 2.77. The van der Waals surface area contributed by atoms with Gasteiger partial charge in [0.05, 0.1) is 29.6 Å². The highest BCUT2D eigenvalue weighted by molar-refractivity contribution is 6.12. The van der Waals surface area contributed by atoms with E-state index in [2.05, 4.69) is 6.58 Å². The number of hydrogen-bond acceptors (Lipinski definition) is 7. The van der Waals surface area contributed by atoms with Gasteiger partial charge in [0.25, 0.3) is 0 Å². The SMILES string of the molecule is C=C1C(=O)[C@@]23[C@H](O)C[C@@H]4C(C)(C)[C@@H](OC(C)=O)C[C@H](O)[C@@]4(C)[C@@H]2CC(=O)[C@@H]1[C@H]3O. The molecule has 2 bridgehead atoms. The van der Waals surface area contributed by atoms with Gasteiger partial charge in [0.1, 0.15) is 11.9 Å². The van der Waals surface area contributed by atoms with Crippen LogP contribution in [0.3, 0.4) is 0 Å². The first kappa shape index (κ1) is 20.7. The highest BCUT2D eigenvalue weighted by atomic mass is 16.5. The Labute approximate surface area is 170 Å². The van der Waals surface area contributed by atoms with E-state index in [4.69, 9.17) is 4.74 Å². The summed E-state index contributed by atoms with van der Waals surface area (Å²) in [7, 11) is 0. The summed E-state index contributed by atoms with van der Waals surface area (Å²) in [4.78, 5) is 37.8. The lowest BCUT2D eigenvalue weighted by Gasteiger charge is -2.67. The molecule has 4 rings (SSSR count). The predicted molar refractivity (Wildman–Crippen MR) is 101 cm³/mol. The minimum Gasteiger partial charge on any atom is -0.462 e. The highest BCUT2D eigenvalue weighted by Crippen LogP contribution is 2.70. The number of carbonyl (C=O) groups is 3. The fraction of sp³-hybridized carbons (Fsp3) is 0.773. The van der Waals surface area contributed by atoms with Gasteiger partial charge in [-0.2, -0.15) is 0 Å². The van der Waals surface area contributed by atoms with Crippen molar-refractivity contribution in [1.82, 2.24) is 0 Å². The van der Waals surface area contributed by atoms with Gasteiger partial charge in [0.15, 0.2) is 5.78 Å². The summed E-state index contributed by atoms with van der Waals surface area (Å²) in [6.45, 7) is 10.8. The van der Waals surface area contributed by atoms with E-state index in [0.29, 0.717) is 0 Å². The summed E-state index contributed by atoms with van der Waals surface area (Å²) in [5.74, 6) is -3.19. The van der Waals surface area contributed by atoms with Crippen molar-refractivity contribution in [2.24, 2.45) is 34.0 Å². The fourth-order valence-electron chi connectivity index (χ4n) is 7.44. The van der Waals surface area contributed by atoms with Crippen molar-refractivity contribution in [3.8, 4) is 0 Å². The summed E-state index contributed by atoms with van der Waals surface area (Å²) in [6.07, 6.45) is -3.69. The first-order chi connectivity index (χ1) is 13.3. The van der Waals surface area contributed by atoms with Crippen molar-refractivity contribution >= 4 is 17.5 Å². The molecule has 7 heteroatoms. The number of Topliss-reactive ketones (excluding diaryl/α,β-unsaturated/α-hetero) is 2. The molecule has 0 saturated heterocycles. The molecule has 3 N–H and O–H groups in total. The molecule has 29 heavy (non-hydrogen) atoms. The van der Waals surface area contributed by atoms with Crippen LogP contribution in [0.1, 0.15) is 47.0 Å². The van der Waals surface area contributed by atoms with Crippen LogP contribution >= 0.6 is 0 Å². The smallest absolute Gasteiger partial charge is 0.302 e. The van der Waals surface area contributed by atoms with Crippen LogP contribution in [-0.2, 0) is 19.1 Å². The van der Waals surface area contributed by atoms with Crippen molar-refractivity contribution in [1.29, 1.82) is 0 Å². The van der Waals surface area contributed by atoms with Crippen LogP contribution in [0.4, 0.5) is 0 Å². The van der Waals surface area contributed by atoms with Crippen molar-refractivity contribution < 1.29 is 34.4 Å². The zero-order valence-corrected chi connectivity index (χ0v) is 17.3. The molecular weight excluding hydrogens is 376 g/mol. The minimum atomic E-state index is -1.52. The number of carbonyl (C=O) groups excluding carboxylic acids is 3. The van der Waals surface area contributed by atoms with Gasteiger partial charge in [0, 0.05) is 36.2 Å². The average molecular weight is 406 g/mol. The second-order valence-corrected chi connectivity index (χ2v) is 10.3. The lowest BCUT2D eigenvalue weighted by Crippen LogP contribution is -2.72. The largest absolute Gasteiger partial charge is 0.462 e. The van der Waals surface area contributed by atoms with Crippen molar-refractivity contribution in [2.45, 2.75) is 71.4 Å². The number of esters is 1. The van der Waals surface area contributed by atoms with Crippen molar-refractivity contribution in [3.63, 3.8) is 0 Å². The van der Waals surface area contributed by atoms with Gasteiger partial charge < -0.3 is 20.1 Å². The zero-order valence-electron chi connectivity index (χ0n) is 17.3. The van der Waals surface area contributed by atoms with Gasteiger partial charge in [0.2, 0.25) is 0 Å². The summed E-state index contributed by atoms with van der Waals surface area (Å²) in [5, 5.41) is 33.6. The molecule has 4 aliphatic rings. The quantitative estimate of drug-likeness (QED) is 0.435. The Morgan fingerprint density at radius 3 is 2.28 bits per heavy atom. The number of rotatable bonds is 1. The summed E-state index contributed by atoms with van der Waals surface area (Å²) in [5.41, 5.74) is -2.98. The molecule has 0 unspecified atom stereocenters. The van der Waals surface area contributed by atoms with E-state index in [0.717, 1.165) is 0 Å². The van der Waals surface area contributed by atoms with Gasteiger partial charge in [-0.15, -0.1) is 0 Å². The maximum atomic E-state index is 13.3. The van der Waals surface area contributed by atoms with Gasteiger partial charge >= 0.3 is 5.97 Å². The Kier molecular flexibility index (Phi) is 4.27. The monoisotopic (exact) mass is 406 g/mol. The molecule has 0 heterocycles. The topological polar surface area (TPSA) is 121 Å². The number of fused-ring (bicyclic) bond motifs is 3. The van der Waals surface area contributed by atoms with Crippen LogP contribution in [-0.4, -0.2) is 57.3 Å². The maximum Gasteiger partial charge on any atom is 0.302 e. The van der Waals surface area contributed by atoms with Crippen molar-refractivity contribution in [2.75, 3.05) is 0 Å². The molecule has 160 valence electrons. The van der Waals surface area contributed by atoms with Crippen LogP contribution in [0.5, 0.6) is 0 Å². The Balaban J connectivity index is 1.87. The molecule has 0 radical (unpaired) electrons. The summed E-state index contributed by atoms with van der Waals surface area (Å²) < 4.78 is 5.50. The lowest BCUT2D eigenvalue weighted by molar-refractivity contribution is -0.266. The second-order valence-electron chi connectivity index (χ2n) is 10.3. The molecule has 4 aliphatic carbocycles. The number of aliphatic hydroxyl groups is 3. The minimum absolute atomic E-state index is 0.00190. The third-order valence-corrected chi connectivity index (χ3v) is 8.90. The molecule has 9 atom stereocenters. The Hall–Kier alpha value is -1.57. The molecular formula is C22H30O7. The van der Waals surface area contributed by atoms with Crippen LogP contribution < -0.4 is 0 Å². The van der Waals surface area contributed by atoms with E-state index >= 15 is 0 Å². The molecule has 0 aliphatic heterocycles. The molecule has 4 fully saturated rings. The number of ether oxygens (including phenoxy) is 1. The zero-order chi connectivity index (χ0) is 21.7. The van der Waals surface area contributed by atoms with Gasteiger partial charge in [-0.25, -0.2) is 0 Å². The fourth-order valence-corrected chi connectivity index (χ4v) is 7.44. The van der Waals surface area contributed by atoms with Crippen LogP contribution in [0.15, 0.2) is 12.2 Å². The van der Waals surface area contributed by atoms with E-state index in [1.165, 1.54) is 6.92 Å². The van der Waals surface area contributed by atoms with Gasteiger partial charge in [-0.3, -0.25) is 14.4 Å². The van der Waals surface area contributed by atoms with Gasteiger partial charge in [-0.1, -0.05) is 27.4 Å². The first-order valence-electron chi connectivity index (χ1n) is 10.3. The second kappa shape index (κ2) is 5.99. The molecule has 0 amide bonds. The van der Waals surface area contributed by atoms with Crippen LogP contribution in [0, 0.1) is 34.0 Å². The lowest BCUT2D eigenvalue weighted by atomic mass is 9.38. The van der Waals surface area contributed by atoms with Gasteiger partial charge in [-0.05, 0) is 18.3 Å². The van der Waals surface area contributed by atoms with E-state index in [9.17, 15) is 29.7 Å². The Morgan fingerprint density at radius 1 is 1.07 bits per heavy atom. The Morgan fingerprint density at radius 2 is 1.69 bits per heavy atom. The standard InChI is InChI=1S/C22H30O7/c1-9-17-11(24)6-13-21(5)12(7-15(26)22(13,18(9)27)19(17)28)20(3,4)16(8-14(21)25)29-10(2)23/h12-17,19,25-26,28H,1,6-8H2,2-5H3/t12-,13+,14+,15-,16+,17-,19-,21-,22+/m1/s1. The van der Waals surface area contributed by atoms with Crippen molar-refractivity contribution in [3.05, 3.63) is 12.2 Å².